The number of benzene rings is 11. The second kappa shape index (κ2) is 17.8. The van der Waals surface area contributed by atoms with Crippen molar-refractivity contribution in [3.05, 3.63) is 247 Å². The number of rotatable bonds is 2. The summed E-state index contributed by atoms with van der Waals surface area (Å²) in [4.78, 5) is 0. The molecule has 2 aromatic heterocycles. The fourth-order valence-electron chi connectivity index (χ4n) is 13.9. The summed E-state index contributed by atoms with van der Waals surface area (Å²) in [5, 5.41) is 14.7. The smallest absolute Gasteiger partial charge is 0.252 e. The van der Waals surface area contributed by atoms with E-state index in [0.29, 0.717) is 0 Å². The van der Waals surface area contributed by atoms with Crippen molar-refractivity contribution < 1.29 is 0 Å². The summed E-state index contributed by atoms with van der Waals surface area (Å²) >= 11 is 0. The van der Waals surface area contributed by atoms with E-state index in [1.54, 1.807) is 0 Å². The molecule has 3 heteroatoms. The fraction of sp³-hybridized carbons (Fsp3) is 0.154. The molecule has 15 rings (SSSR count). The summed E-state index contributed by atoms with van der Waals surface area (Å²) in [6, 6.07) is 89.1. The summed E-state index contributed by atoms with van der Waals surface area (Å²) in [5.74, 6) is 0. The molecule has 0 saturated carbocycles. The minimum absolute atomic E-state index is 0.0416. The van der Waals surface area contributed by atoms with Crippen molar-refractivity contribution in [2.75, 3.05) is 0 Å². The highest BCUT2D eigenvalue weighted by Crippen LogP contribution is 2.43. The van der Waals surface area contributed by atoms with Crippen LogP contribution in [0.4, 0.5) is 0 Å². The first-order valence-corrected chi connectivity index (χ1v) is 29.0. The van der Waals surface area contributed by atoms with Gasteiger partial charge in [-0.25, -0.2) is 0 Å². The molecule has 0 amide bonds. The van der Waals surface area contributed by atoms with Crippen LogP contribution in [0.15, 0.2) is 231 Å². The van der Waals surface area contributed by atoms with Crippen LogP contribution in [0.2, 0.25) is 0 Å². The van der Waals surface area contributed by atoms with Crippen molar-refractivity contribution in [2.24, 2.45) is 0 Å². The third kappa shape index (κ3) is 7.61. The standard InChI is InChI=1S/C78H65BN2/c1-76(2,3)52-26-22-24-48(40-52)50-42-65-61-34-16-12-30-57(61)55-28-10-14-32-59(55)63-36-18-20-38-69(63)80-71-46-54(78(7,8)9)47-72-73(71)79(67(44-50)74(65)80)68-45-51(49-25-23-27-53(41-49)77(4,5)6)43-66-62-35-17-13-31-58(62)56-29-11-15-33-60(56)64-37-19-21-39-70(64)81(72)75(66)68/h10-47H,1-9H3. The van der Waals surface area contributed by atoms with E-state index in [0.717, 1.165) is 0 Å². The van der Waals surface area contributed by atoms with E-state index in [-0.39, 0.29) is 23.0 Å². The third-order valence-corrected chi connectivity index (χ3v) is 18.0. The van der Waals surface area contributed by atoms with Gasteiger partial charge >= 0.3 is 0 Å². The summed E-state index contributed by atoms with van der Waals surface area (Å²) in [6.45, 7) is 20.9. The zero-order valence-corrected chi connectivity index (χ0v) is 47.9. The summed E-state index contributed by atoms with van der Waals surface area (Å²) in [7, 11) is 0. The maximum absolute atomic E-state index is 2.70. The highest BCUT2D eigenvalue weighted by Gasteiger charge is 2.41. The molecule has 0 fully saturated rings. The average molecular weight is 1040 g/mol. The largest absolute Gasteiger partial charge is 0.310 e. The van der Waals surface area contributed by atoms with Crippen molar-refractivity contribution in [3.8, 4) is 33.6 Å². The lowest BCUT2D eigenvalue weighted by molar-refractivity contribution is 0.589. The minimum atomic E-state index is -0.214. The molecule has 81 heavy (non-hydrogen) atoms. The summed E-state index contributed by atoms with van der Waals surface area (Å²) < 4.78 is 5.41. The van der Waals surface area contributed by atoms with Gasteiger partial charge in [-0.2, -0.15) is 0 Å². The molecule has 0 spiro atoms. The zero-order valence-electron chi connectivity index (χ0n) is 47.9. The Bertz CT molecular complexity index is 4700. The number of fused-ring (bicyclic) bond motifs is 18. The first kappa shape index (κ1) is 49.2. The Morgan fingerprint density at radius 3 is 0.914 bits per heavy atom. The van der Waals surface area contributed by atoms with Crippen molar-refractivity contribution >= 4 is 110 Å². The molecule has 11 aromatic carbocycles. The van der Waals surface area contributed by atoms with Gasteiger partial charge in [0.2, 0.25) is 0 Å². The van der Waals surface area contributed by atoms with E-state index in [4.69, 9.17) is 0 Å². The van der Waals surface area contributed by atoms with Gasteiger partial charge in [-0.1, -0.05) is 256 Å². The van der Waals surface area contributed by atoms with Crippen LogP contribution in [0.3, 0.4) is 0 Å². The van der Waals surface area contributed by atoms with E-state index in [9.17, 15) is 0 Å². The predicted molar refractivity (Wildman–Crippen MR) is 352 cm³/mol. The second-order valence-corrected chi connectivity index (χ2v) is 26.1. The normalized spacial score (nSPS) is 13.0. The third-order valence-electron chi connectivity index (χ3n) is 18.0. The molecule has 0 atom stereocenters. The van der Waals surface area contributed by atoms with Gasteiger partial charge in [0.25, 0.3) is 6.71 Å². The molecule has 13 aromatic rings. The average Bonchev–Trinajstić information content (AvgIpc) is 2.75. The van der Waals surface area contributed by atoms with E-state index in [1.165, 1.54) is 153 Å². The number of hydrogen-bond donors (Lipinski definition) is 0. The van der Waals surface area contributed by atoms with Gasteiger partial charge in [-0.3, -0.25) is 0 Å². The molecule has 4 heterocycles. The highest BCUT2D eigenvalue weighted by atomic mass is 15.0. The van der Waals surface area contributed by atoms with Gasteiger partial charge in [0.15, 0.2) is 0 Å². The van der Waals surface area contributed by atoms with E-state index < -0.39 is 0 Å². The second-order valence-electron chi connectivity index (χ2n) is 26.1. The summed E-state index contributed by atoms with van der Waals surface area (Å²) in [6.07, 6.45) is 0. The van der Waals surface area contributed by atoms with Gasteiger partial charge in [0.1, 0.15) is 0 Å². The van der Waals surface area contributed by atoms with Crippen LogP contribution in [0.1, 0.15) is 79.0 Å². The molecule has 2 aliphatic heterocycles. The van der Waals surface area contributed by atoms with Crippen LogP contribution < -0.4 is 16.4 Å². The van der Waals surface area contributed by atoms with E-state index in [1.807, 2.05) is 0 Å². The van der Waals surface area contributed by atoms with Gasteiger partial charge in [0.05, 0.1) is 11.0 Å². The van der Waals surface area contributed by atoms with Crippen molar-refractivity contribution in [3.63, 3.8) is 0 Å². The van der Waals surface area contributed by atoms with Crippen LogP contribution in [-0.4, -0.2) is 15.8 Å². The van der Waals surface area contributed by atoms with E-state index in [2.05, 4.69) is 302 Å². The molecule has 390 valence electrons. The Kier molecular flexibility index (Phi) is 10.8. The highest BCUT2D eigenvalue weighted by molar-refractivity contribution is 7.00. The van der Waals surface area contributed by atoms with Crippen LogP contribution in [-0.2, 0) is 16.2 Å². The monoisotopic (exact) mass is 1040 g/mol. The Morgan fingerprint density at radius 2 is 0.568 bits per heavy atom. The van der Waals surface area contributed by atoms with Crippen molar-refractivity contribution in [1.82, 2.24) is 9.13 Å². The van der Waals surface area contributed by atoms with Crippen molar-refractivity contribution in [1.29, 1.82) is 0 Å². The molecule has 2 aliphatic rings. The Labute approximate surface area is 475 Å². The lowest BCUT2D eigenvalue weighted by Crippen LogP contribution is -2.60. The maximum atomic E-state index is 2.70. The van der Waals surface area contributed by atoms with E-state index >= 15 is 0 Å². The molecule has 0 saturated heterocycles. The predicted octanol–water partition coefficient (Wildman–Crippen LogP) is 19.1. The van der Waals surface area contributed by atoms with Crippen LogP contribution in [0.5, 0.6) is 0 Å². The quantitative estimate of drug-likeness (QED) is 0.153. The van der Waals surface area contributed by atoms with Gasteiger partial charge in [-0.15, -0.1) is 0 Å². The van der Waals surface area contributed by atoms with Crippen LogP contribution in [0.25, 0.3) is 120 Å². The first-order chi connectivity index (χ1) is 39.1. The molecular formula is C78H65BN2. The molecule has 0 aliphatic carbocycles. The lowest BCUT2D eigenvalue weighted by atomic mass is 9.33. The Hall–Kier alpha value is -8.92. The van der Waals surface area contributed by atoms with Crippen LogP contribution >= 0.6 is 0 Å². The van der Waals surface area contributed by atoms with Crippen LogP contribution in [0, 0.1) is 0 Å². The zero-order chi connectivity index (χ0) is 55.3. The molecule has 0 N–H and O–H groups in total. The maximum Gasteiger partial charge on any atom is 0.252 e. The summed E-state index contributed by atoms with van der Waals surface area (Å²) in [5.41, 5.74) is 19.6. The molecule has 0 bridgehead atoms. The number of aromatic nitrogens is 2. The minimum Gasteiger partial charge on any atom is -0.310 e. The SMILES string of the molecule is CC(C)(C)c1cccc(-c2cc3c4c(c2)c2ccccc2c2ccccc2c2ccccc2n4-c2cc(C(C)(C)C)cc4c2B3c2cc(-c3cccc(C(C)(C)C)c3)cc3c5ccccc5c5ccccc5c5ccccc5n-4c23)c1. The van der Waals surface area contributed by atoms with Gasteiger partial charge < -0.3 is 9.13 Å². The molecule has 0 unspecified atom stereocenters. The molecule has 0 radical (unpaired) electrons. The Balaban J connectivity index is 1.28. The number of nitrogens with zero attached hydrogens (tertiary/aromatic N) is 2. The van der Waals surface area contributed by atoms with Gasteiger partial charge in [0, 0.05) is 44.0 Å². The number of para-hydroxylation sites is 2. The Morgan fingerprint density at radius 1 is 0.259 bits per heavy atom. The molecular weight excluding hydrogens is 976 g/mol. The topological polar surface area (TPSA) is 9.86 Å². The number of hydrogen-bond acceptors (Lipinski definition) is 0. The van der Waals surface area contributed by atoms with Gasteiger partial charge in [-0.05, 0) is 151 Å². The first-order valence-electron chi connectivity index (χ1n) is 29.0. The fourth-order valence-corrected chi connectivity index (χ4v) is 13.9. The molecule has 2 nitrogen and oxygen atoms in total. The van der Waals surface area contributed by atoms with Crippen molar-refractivity contribution in [2.45, 2.75) is 78.6 Å². The lowest BCUT2D eigenvalue weighted by Gasteiger charge is -2.38.